The van der Waals surface area contributed by atoms with Crippen LogP contribution in [0.4, 0.5) is 40.6 Å². The Kier molecular flexibility index (Phi) is 15.9. The number of benzene rings is 2. The molecule has 0 bridgehead atoms. The molecule has 5 aromatic rings. The maximum Gasteiger partial charge on any atom is 0.302 e. The SMILES string of the molecule is NC(=NCc1ccccc1)NC(=O)c1nc(Cl)c(N)nc1N.NC(=Nc1ccccc1)NC(=O)c1nc(Cl)c(N)nc1N.NC(N)=NC(=O)c1nc(Cl)c(N)nc1N. The van der Waals surface area contributed by atoms with Gasteiger partial charge in [-0.05, 0) is 17.7 Å². The number of para-hydroxylation sites is 1. The van der Waals surface area contributed by atoms with Crippen LogP contribution in [0.3, 0.4) is 0 Å². The lowest BCUT2D eigenvalue weighted by atomic mass is 10.2. The molecule has 0 spiro atoms. The molecule has 0 atom stereocenters. The Morgan fingerprint density at radius 3 is 1.38 bits per heavy atom. The number of aliphatic imine (C=N–C) groups is 3. The van der Waals surface area contributed by atoms with Crippen molar-refractivity contribution in [2.24, 2.45) is 37.9 Å². The lowest BCUT2D eigenvalue weighted by Gasteiger charge is -2.07. The number of anilines is 6. The summed E-state index contributed by atoms with van der Waals surface area (Å²) >= 11 is 17.0. The van der Waals surface area contributed by atoms with E-state index in [1.54, 1.807) is 24.3 Å². The zero-order chi connectivity index (χ0) is 43.1. The first-order valence-corrected chi connectivity index (χ1v) is 16.7. The summed E-state index contributed by atoms with van der Waals surface area (Å²) in [5.41, 5.74) is 54.9. The number of nitrogens with one attached hydrogen (secondary N) is 2. The van der Waals surface area contributed by atoms with E-state index in [0.29, 0.717) is 12.2 Å². The molecule has 22 N–H and O–H groups in total. The minimum atomic E-state index is -0.832. The molecule has 0 fully saturated rings. The molecule has 24 nitrogen and oxygen atoms in total. The first kappa shape index (κ1) is 44.6. The standard InChI is InChI=1S/C13H14ClN7O.C12H12ClN7O.C6H8ClN7O/c14-9-11(16)20-10(15)8(19-9)12(22)21-13(17)18-6-7-4-2-1-3-5-7;13-8-10(15)19-9(14)7(18-8)11(21)20-12(16)17-6-4-2-1-3-5-6;7-2-4(9)13-3(8)1(12-2)5(15)14-6(10)11/h1-5H,6H2,(H4,15,16,20)(H3,17,18,21,22);1-5H,(H4,14,15,19)(H3,16,17,20,21);(H4,8,9,13)(H4,10,11,14,15). The summed E-state index contributed by atoms with van der Waals surface area (Å²) in [7, 11) is 0. The van der Waals surface area contributed by atoms with E-state index in [2.05, 4.69) is 55.5 Å². The molecule has 0 saturated carbocycles. The fraction of sp³-hybridized carbons (Fsp3) is 0.0323. The van der Waals surface area contributed by atoms with Crippen LogP contribution in [0.1, 0.15) is 37.0 Å². The smallest absolute Gasteiger partial charge is 0.302 e. The summed E-state index contributed by atoms with van der Waals surface area (Å²) in [6.45, 7) is 0.330. The van der Waals surface area contributed by atoms with E-state index in [4.69, 9.17) is 92.1 Å². The Morgan fingerprint density at radius 2 is 0.931 bits per heavy atom. The molecule has 0 aliphatic carbocycles. The van der Waals surface area contributed by atoms with Crippen LogP contribution in [0.2, 0.25) is 15.5 Å². The summed E-state index contributed by atoms with van der Waals surface area (Å²) in [4.78, 5) is 68.7. The number of nitrogens with two attached hydrogens (primary N) is 10. The van der Waals surface area contributed by atoms with Gasteiger partial charge in [-0.3, -0.25) is 25.0 Å². The van der Waals surface area contributed by atoms with E-state index < -0.39 is 23.7 Å². The fourth-order valence-electron chi connectivity index (χ4n) is 3.81. The molecule has 0 aliphatic rings. The number of carbonyl (C=O) groups excluding carboxylic acids is 3. The van der Waals surface area contributed by atoms with Gasteiger partial charge in [0.2, 0.25) is 5.96 Å². The molecular weight excluding hydrogens is 821 g/mol. The van der Waals surface area contributed by atoms with Gasteiger partial charge in [-0.15, -0.1) is 0 Å². The van der Waals surface area contributed by atoms with Gasteiger partial charge in [0.1, 0.15) is 0 Å². The highest BCUT2D eigenvalue weighted by molar-refractivity contribution is 6.32. The average molecular weight is 855 g/mol. The molecule has 0 saturated heterocycles. The van der Waals surface area contributed by atoms with Gasteiger partial charge >= 0.3 is 5.91 Å². The lowest BCUT2D eigenvalue weighted by molar-refractivity contribution is 0.0964. The maximum atomic E-state index is 12.0. The third-order valence-corrected chi connectivity index (χ3v) is 7.18. The van der Waals surface area contributed by atoms with Crippen molar-refractivity contribution in [1.29, 1.82) is 0 Å². The number of aromatic nitrogens is 6. The quantitative estimate of drug-likeness (QED) is 0.0784. The Labute approximate surface area is 342 Å². The van der Waals surface area contributed by atoms with E-state index >= 15 is 0 Å². The average Bonchev–Trinajstić information content (AvgIpc) is 3.16. The third-order valence-electron chi connectivity index (χ3n) is 6.34. The molecule has 0 radical (unpaired) electrons. The second-order valence-corrected chi connectivity index (χ2v) is 11.7. The molecule has 58 heavy (non-hydrogen) atoms. The summed E-state index contributed by atoms with van der Waals surface area (Å²) in [5, 5.41) is 4.33. The zero-order valence-corrected chi connectivity index (χ0v) is 31.9. The lowest BCUT2D eigenvalue weighted by Crippen LogP contribution is -2.37. The van der Waals surface area contributed by atoms with E-state index in [1.165, 1.54) is 0 Å². The van der Waals surface area contributed by atoms with E-state index in [9.17, 15) is 14.4 Å². The molecule has 0 unspecified atom stereocenters. The number of amides is 3. The Balaban J connectivity index is 0.000000237. The van der Waals surface area contributed by atoms with Crippen LogP contribution in [0.25, 0.3) is 0 Å². The molecule has 0 aliphatic heterocycles. The molecule has 3 heterocycles. The number of guanidine groups is 3. The predicted molar refractivity (Wildman–Crippen MR) is 222 cm³/mol. The minimum Gasteiger partial charge on any atom is -0.382 e. The number of nitrogens with zero attached hydrogens (tertiary/aromatic N) is 9. The first-order valence-electron chi connectivity index (χ1n) is 15.6. The molecule has 27 heteroatoms. The Bertz CT molecular complexity index is 2380. The van der Waals surface area contributed by atoms with Crippen LogP contribution in [0, 0.1) is 0 Å². The summed E-state index contributed by atoms with van der Waals surface area (Å²) in [5.74, 6) is -3.43. The van der Waals surface area contributed by atoms with Crippen molar-refractivity contribution in [2.45, 2.75) is 6.54 Å². The highest BCUT2D eigenvalue weighted by atomic mass is 35.5. The van der Waals surface area contributed by atoms with Crippen LogP contribution < -0.4 is 68.0 Å². The van der Waals surface area contributed by atoms with Crippen LogP contribution in [0.5, 0.6) is 0 Å². The largest absolute Gasteiger partial charge is 0.382 e. The van der Waals surface area contributed by atoms with Crippen molar-refractivity contribution in [3.05, 3.63) is 98.8 Å². The van der Waals surface area contributed by atoms with Crippen molar-refractivity contribution in [2.75, 3.05) is 34.4 Å². The highest BCUT2D eigenvalue weighted by Crippen LogP contribution is 2.19. The van der Waals surface area contributed by atoms with E-state index in [1.807, 2.05) is 36.4 Å². The van der Waals surface area contributed by atoms with Crippen LogP contribution >= 0.6 is 34.8 Å². The van der Waals surface area contributed by atoms with Gasteiger partial charge in [0.15, 0.2) is 79.4 Å². The van der Waals surface area contributed by atoms with Gasteiger partial charge in [-0.2, -0.15) is 4.99 Å². The number of hydrogen-bond donors (Lipinski definition) is 12. The van der Waals surface area contributed by atoms with Crippen LogP contribution in [0.15, 0.2) is 75.6 Å². The number of hydrogen-bond acceptors (Lipinski definition) is 17. The molecule has 302 valence electrons. The first-order chi connectivity index (χ1) is 27.4. The van der Waals surface area contributed by atoms with Gasteiger partial charge in [0, 0.05) is 0 Å². The van der Waals surface area contributed by atoms with Crippen molar-refractivity contribution in [3.63, 3.8) is 0 Å². The van der Waals surface area contributed by atoms with E-state index in [-0.39, 0.29) is 79.4 Å². The third kappa shape index (κ3) is 13.5. The second-order valence-electron chi connectivity index (χ2n) is 10.7. The second kappa shape index (κ2) is 20.7. The molecule has 3 aromatic heterocycles. The maximum absolute atomic E-state index is 12.0. The van der Waals surface area contributed by atoms with Gasteiger partial charge in [-0.25, -0.2) is 39.9 Å². The minimum absolute atomic E-state index is 0.0542. The Hall–Kier alpha value is -7.83. The van der Waals surface area contributed by atoms with Crippen molar-refractivity contribution in [1.82, 2.24) is 40.5 Å². The van der Waals surface area contributed by atoms with Crippen LogP contribution in [-0.2, 0) is 6.54 Å². The summed E-state index contributed by atoms with van der Waals surface area (Å²) < 4.78 is 0. The summed E-state index contributed by atoms with van der Waals surface area (Å²) in [6, 6.07) is 18.3. The number of nitrogen functional groups attached to an aromatic ring is 6. The summed E-state index contributed by atoms with van der Waals surface area (Å²) in [6.07, 6.45) is 0. The van der Waals surface area contributed by atoms with Crippen LogP contribution in [-0.4, -0.2) is 65.5 Å². The normalized spacial score (nSPS) is 10.8. The topological polar surface area (TPSA) is 450 Å². The molecule has 2 aromatic carbocycles. The zero-order valence-electron chi connectivity index (χ0n) is 29.6. The van der Waals surface area contributed by atoms with E-state index in [0.717, 1.165) is 5.56 Å². The number of halogens is 3. The van der Waals surface area contributed by atoms with Crippen molar-refractivity contribution in [3.8, 4) is 0 Å². The highest BCUT2D eigenvalue weighted by Gasteiger charge is 2.18. The van der Waals surface area contributed by atoms with Crippen molar-refractivity contribution < 1.29 is 14.4 Å². The fourth-order valence-corrected chi connectivity index (χ4v) is 4.19. The molecule has 5 rings (SSSR count). The van der Waals surface area contributed by atoms with Gasteiger partial charge in [-0.1, -0.05) is 83.3 Å². The number of carbonyl (C=O) groups is 3. The van der Waals surface area contributed by atoms with Crippen molar-refractivity contribution >= 4 is 111 Å². The Morgan fingerprint density at radius 1 is 0.534 bits per heavy atom. The number of rotatable bonds is 6. The van der Waals surface area contributed by atoms with Gasteiger partial charge < -0.3 is 57.3 Å². The molecular formula is C31H34Cl3N21O3. The molecule has 3 amide bonds. The van der Waals surface area contributed by atoms with Gasteiger partial charge in [0.05, 0.1) is 12.2 Å². The monoisotopic (exact) mass is 853 g/mol. The predicted octanol–water partition coefficient (Wildman–Crippen LogP) is -0.0823. The van der Waals surface area contributed by atoms with Gasteiger partial charge in [0.25, 0.3) is 11.8 Å².